The Labute approximate surface area is 86.1 Å². The Balaban J connectivity index is 2.71. The predicted molar refractivity (Wildman–Crippen MR) is 59.7 cm³/mol. The van der Waals surface area contributed by atoms with Gasteiger partial charge >= 0.3 is 0 Å². The fourth-order valence-electron chi connectivity index (χ4n) is 1.75. The summed E-state index contributed by atoms with van der Waals surface area (Å²) in [5.41, 5.74) is 2.08. The van der Waals surface area contributed by atoms with E-state index in [1.54, 1.807) is 0 Å². The van der Waals surface area contributed by atoms with Crippen molar-refractivity contribution in [3.05, 3.63) is 35.4 Å². The van der Waals surface area contributed by atoms with Crippen LogP contribution in [0.5, 0.6) is 0 Å². The van der Waals surface area contributed by atoms with Crippen molar-refractivity contribution in [1.29, 1.82) is 0 Å². The maximum absolute atomic E-state index is 10.5. The van der Waals surface area contributed by atoms with Gasteiger partial charge in [-0.05, 0) is 23.8 Å². The Hall–Kier alpha value is -1.11. The first-order chi connectivity index (χ1) is 6.63. The molecular formula is C13H18O. The van der Waals surface area contributed by atoms with Crippen LogP contribution >= 0.6 is 0 Å². The van der Waals surface area contributed by atoms with Crippen LogP contribution in [-0.2, 0) is 0 Å². The smallest absolute Gasteiger partial charge is 0.150 e. The van der Waals surface area contributed by atoms with Crippen LogP contribution in [0.1, 0.15) is 49.0 Å². The molecular weight excluding hydrogens is 172 g/mol. The van der Waals surface area contributed by atoms with E-state index in [0.29, 0.717) is 5.92 Å². The van der Waals surface area contributed by atoms with Gasteiger partial charge in [-0.15, -0.1) is 0 Å². The van der Waals surface area contributed by atoms with Gasteiger partial charge in [0.05, 0.1) is 0 Å². The molecule has 1 nitrogen and oxygen atoms in total. The van der Waals surface area contributed by atoms with E-state index >= 15 is 0 Å². The Morgan fingerprint density at radius 2 is 1.71 bits per heavy atom. The van der Waals surface area contributed by atoms with Crippen LogP contribution in [0.3, 0.4) is 0 Å². The van der Waals surface area contributed by atoms with Crippen LogP contribution in [0.25, 0.3) is 0 Å². The van der Waals surface area contributed by atoms with Gasteiger partial charge < -0.3 is 0 Å². The van der Waals surface area contributed by atoms with Crippen LogP contribution < -0.4 is 0 Å². The van der Waals surface area contributed by atoms with Gasteiger partial charge in [-0.1, -0.05) is 45.0 Å². The molecule has 1 unspecified atom stereocenters. The van der Waals surface area contributed by atoms with E-state index in [-0.39, 0.29) is 0 Å². The molecule has 0 fully saturated rings. The summed E-state index contributed by atoms with van der Waals surface area (Å²) in [4.78, 5) is 10.5. The van der Waals surface area contributed by atoms with Crippen LogP contribution in [0.15, 0.2) is 24.3 Å². The first-order valence-electron chi connectivity index (χ1n) is 5.18. The molecule has 0 radical (unpaired) electrons. The molecule has 1 heteroatoms. The lowest BCUT2D eigenvalue weighted by Gasteiger charge is -2.14. The van der Waals surface area contributed by atoms with Gasteiger partial charge in [-0.2, -0.15) is 0 Å². The number of rotatable bonds is 4. The average molecular weight is 190 g/mol. The highest BCUT2D eigenvalue weighted by Gasteiger charge is 2.07. The second-order valence-electron chi connectivity index (χ2n) is 4.32. The third-order valence-corrected chi connectivity index (χ3v) is 2.47. The highest BCUT2D eigenvalue weighted by Crippen LogP contribution is 2.22. The highest BCUT2D eigenvalue weighted by atomic mass is 16.1. The first-order valence-corrected chi connectivity index (χ1v) is 5.18. The summed E-state index contributed by atoms with van der Waals surface area (Å²) in [5.74, 6) is 1.30. The molecule has 1 rings (SSSR count). The standard InChI is InChI=1S/C13H18O/c1-10(2)8-11(3)13-6-4-12(9-14)5-7-13/h4-7,9-11H,8H2,1-3H3. The maximum Gasteiger partial charge on any atom is 0.150 e. The highest BCUT2D eigenvalue weighted by molar-refractivity contribution is 5.74. The van der Waals surface area contributed by atoms with E-state index in [9.17, 15) is 4.79 Å². The van der Waals surface area contributed by atoms with Gasteiger partial charge in [0.25, 0.3) is 0 Å². The fourth-order valence-corrected chi connectivity index (χ4v) is 1.75. The van der Waals surface area contributed by atoms with Crippen molar-refractivity contribution in [1.82, 2.24) is 0 Å². The molecule has 0 spiro atoms. The molecule has 0 aromatic heterocycles. The molecule has 0 saturated carbocycles. The Bertz CT molecular complexity index is 285. The molecule has 0 aliphatic carbocycles. The molecule has 0 N–H and O–H groups in total. The second-order valence-corrected chi connectivity index (χ2v) is 4.32. The van der Waals surface area contributed by atoms with Gasteiger partial charge in [-0.25, -0.2) is 0 Å². The first kappa shape index (κ1) is 11.0. The minimum absolute atomic E-state index is 0.579. The number of hydrogen-bond acceptors (Lipinski definition) is 1. The van der Waals surface area contributed by atoms with Gasteiger partial charge in [0.1, 0.15) is 6.29 Å². The minimum Gasteiger partial charge on any atom is -0.298 e. The van der Waals surface area contributed by atoms with Crippen molar-refractivity contribution < 1.29 is 4.79 Å². The van der Waals surface area contributed by atoms with E-state index in [1.165, 1.54) is 12.0 Å². The molecule has 76 valence electrons. The average Bonchev–Trinajstić information content (AvgIpc) is 2.17. The molecule has 0 saturated heterocycles. The van der Waals surface area contributed by atoms with Crippen molar-refractivity contribution in [3.8, 4) is 0 Å². The van der Waals surface area contributed by atoms with Gasteiger partial charge in [0.15, 0.2) is 0 Å². The SMILES string of the molecule is CC(C)CC(C)c1ccc(C=O)cc1. The van der Waals surface area contributed by atoms with E-state index in [4.69, 9.17) is 0 Å². The van der Waals surface area contributed by atoms with Crippen molar-refractivity contribution >= 4 is 6.29 Å². The Morgan fingerprint density at radius 3 is 2.14 bits per heavy atom. The minimum atomic E-state index is 0.579. The normalized spacial score (nSPS) is 12.9. The second kappa shape index (κ2) is 4.94. The monoisotopic (exact) mass is 190 g/mol. The molecule has 14 heavy (non-hydrogen) atoms. The zero-order chi connectivity index (χ0) is 10.6. The summed E-state index contributed by atoms with van der Waals surface area (Å²) in [5, 5.41) is 0. The molecule has 1 atom stereocenters. The Morgan fingerprint density at radius 1 is 1.14 bits per heavy atom. The van der Waals surface area contributed by atoms with E-state index in [1.807, 2.05) is 12.1 Å². The Kier molecular flexibility index (Phi) is 3.87. The van der Waals surface area contributed by atoms with E-state index in [2.05, 4.69) is 32.9 Å². The van der Waals surface area contributed by atoms with Crippen molar-refractivity contribution in [2.24, 2.45) is 5.92 Å². The van der Waals surface area contributed by atoms with E-state index < -0.39 is 0 Å². The van der Waals surface area contributed by atoms with Gasteiger partial charge in [-0.3, -0.25) is 4.79 Å². The maximum atomic E-state index is 10.5. The van der Waals surface area contributed by atoms with Crippen LogP contribution in [0, 0.1) is 5.92 Å². The topological polar surface area (TPSA) is 17.1 Å². The third-order valence-electron chi connectivity index (χ3n) is 2.47. The molecule has 0 bridgehead atoms. The molecule has 0 aliphatic rings. The predicted octanol–water partition coefficient (Wildman–Crippen LogP) is 3.65. The molecule has 0 aliphatic heterocycles. The molecule has 0 heterocycles. The summed E-state index contributed by atoms with van der Waals surface area (Å²) in [6.45, 7) is 6.70. The zero-order valence-corrected chi connectivity index (χ0v) is 9.16. The van der Waals surface area contributed by atoms with Crippen LogP contribution in [0.4, 0.5) is 0 Å². The lowest BCUT2D eigenvalue weighted by molar-refractivity contribution is 0.112. The quantitative estimate of drug-likeness (QED) is 0.662. The van der Waals surface area contributed by atoms with Gasteiger partial charge in [0.2, 0.25) is 0 Å². The zero-order valence-electron chi connectivity index (χ0n) is 9.16. The van der Waals surface area contributed by atoms with Crippen molar-refractivity contribution in [2.75, 3.05) is 0 Å². The fraction of sp³-hybridized carbons (Fsp3) is 0.462. The van der Waals surface area contributed by atoms with Crippen LogP contribution in [-0.4, -0.2) is 6.29 Å². The molecule has 0 amide bonds. The summed E-state index contributed by atoms with van der Waals surface area (Å²) >= 11 is 0. The number of benzene rings is 1. The largest absolute Gasteiger partial charge is 0.298 e. The third kappa shape index (κ3) is 2.99. The number of carbonyl (C=O) groups excluding carboxylic acids is 1. The van der Waals surface area contributed by atoms with Crippen molar-refractivity contribution in [2.45, 2.75) is 33.1 Å². The number of carbonyl (C=O) groups is 1. The number of aldehydes is 1. The van der Waals surface area contributed by atoms with Crippen LogP contribution in [0.2, 0.25) is 0 Å². The summed E-state index contributed by atoms with van der Waals surface area (Å²) < 4.78 is 0. The summed E-state index contributed by atoms with van der Waals surface area (Å²) in [7, 11) is 0. The van der Waals surface area contributed by atoms with Gasteiger partial charge in [0, 0.05) is 5.56 Å². The summed E-state index contributed by atoms with van der Waals surface area (Å²) in [6, 6.07) is 7.88. The lowest BCUT2D eigenvalue weighted by Crippen LogP contribution is -1.98. The molecule has 1 aromatic rings. The lowest BCUT2D eigenvalue weighted by atomic mass is 9.92. The summed E-state index contributed by atoms with van der Waals surface area (Å²) in [6.07, 6.45) is 2.08. The number of hydrogen-bond donors (Lipinski definition) is 0. The van der Waals surface area contributed by atoms with Crippen molar-refractivity contribution in [3.63, 3.8) is 0 Å². The molecule has 1 aromatic carbocycles. The van der Waals surface area contributed by atoms with E-state index in [0.717, 1.165) is 17.8 Å².